The number of rotatable bonds is 7. The van der Waals surface area contributed by atoms with Crippen molar-refractivity contribution in [1.29, 1.82) is 0 Å². The van der Waals surface area contributed by atoms with Crippen LogP contribution < -0.4 is 5.32 Å². The number of thiazole rings is 1. The smallest absolute Gasteiger partial charge is 0.0798 e. The molecule has 4 heteroatoms. The number of hydrogen-bond donors (Lipinski definition) is 1. The van der Waals surface area contributed by atoms with Crippen LogP contribution in [0.15, 0.2) is 35.8 Å². The van der Waals surface area contributed by atoms with Crippen LogP contribution in [0.1, 0.15) is 16.1 Å². The first kappa shape index (κ1) is 14.2. The predicted octanol–water partition coefficient (Wildman–Crippen LogP) is 2.67. The fourth-order valence-electron chi connectivity index (χ4n) is 1.90. The molecule has 0 unspecified atom stereocenters. The number of aromatic nitrogens is 1. The summed E-state index contributed by atoms with van der Waals surface area (Å²) in [4.78, 5) is 7.98. The third kappa shape index (κ3) is 4.74. The van der Waals surface area contributed by atoms with Gasteiger partial charge in [-0.05, 0) is 19.5 Å². The molecule has 0 radical (unpaired) electrons. The monoisotopic (exact) mass is 275 g/mol. The fraction of sp³-hybridized carbons (Fsp3) is 0.400. The molecular weight excluding hydrogens is 254 g/mol. The van der Waals surface area contributed by atoms with E-state index in [4.69, 9.17) is 0 Å². The lowest BCUT2D eigenvalue weighted by Crippen LogP contribution is -2.28. The molecule has 0 fully saturated rings. The maximum atomic E-state index is 4.28. The summed E-state index contributed by atoms with van der Waals surface area (Å²) in [6, 6.07) is 10.5. The van der Waals surface area contributed by atoms with E-state index in [0.29, 0.717) is 0 Å². The highest BCUT2D eigenvalue weighted by Crippen LogP contribution is 2.13. The summed E-state index contributed by atoms with van der Waals surface area (Å²) in [5, 5.41) is 3.47. The molecule has 0 saturated carbocycles. The van der Waals surface area contributed by atoms with Crippen molar-refractivity contribution in [2.75, 3.05) is 20.1 Å². The molecule has 1 N–H and O–H groups in total. The van der Waals surface area contributed by atoms with Gasteiger partial charge < -0.3 is 5.32 Å². The van der Waals surface area contributed by atoms with Gasteiger partial charge in [0.2, 0.25) is 0 Å². The molecule has 3 nitrogen and oxygen atoms in total. The van der Waals surface area contributed by atoms with Crippen LogP contribution in [0, 0.1) is 6.92 Å². The molecule has 2 rings (SSSR count). The number of likely N-dealkylation sites (N-methyl/N-ethyl adjacent to an activating group) is 1. The molecule has 1 heterocycles. The minimum absolute atomic E-state index is 0.939. The van der Waals surface area contributed by atoms with E-state index in [0.717, 1.165) is 31.9 Å². The van der Waals surface area contributed by atoms with E-state index in [1.54, 1.807) is 11.3 Å². The average Bonchev–Trinajstić information content (AvgIpc) is 2.82. The van der Waals surface area contributed by atoms with Gasteiger partial charge in [-0.2, -0.15) is 0 Å². The van der Waals surface area contributed by atoms with Gasteiger partial charge in [0.25, 0.3) is 0 Å². The van der Waals surface area contributed by atoms with Crippen molar-refractivity contribution in [3.05, 3.63) is 52.0 Å². The summed E-state index contributed by atoms with van der Waals surface area (Å²) < 4.78 is 0. The Hall–Kier alpha value is -1.23. The zero-order valence-corrected chi connectivity index (χ0v) is 12.4. The van der Waals surface area contributed by atoms with E-state index >= 15 is 0 Å². The summed E-state index contributed by atoms with van der Waals surface area (Å²) in [7, 11) is 2.16. The Morgan fingerprint density at radius 2 is 2.05 bits per heavy atom. The number of hydrogen-bond acceptors (Lipinski definition) is 4. The van der Waals surface area contributed by atoms with E-state index < -0.39 is 0 Å². The lowest BCUT2D eigenvalue weighted by atomic mass is 10.2. The highest BCUT2D eigenvalue weighted by Gasteiger charge is 2.05. The van der Waals surface area contributed by atoms with Crippen LogP contribution in [-0.2, 0) is 13.1 Å². The summed E-state index contributed by atoms with van der Waals surface area (Å²) in [6.45, 7) is 6.05. The molecule has 0 atom stereocenters. The average molecular weight is 275 g/mol. The van der Waals surface area contributed by atoms with Gasteiger partial charge in [0, 0.05) is 31.1 Å². The van der Waals surface area contributed by atoms with E-state index in [1.165, 1.54) is 10.4 Å². The Morgan fingerprint density at radius 1 is 1.26 bits per heavy atom. The molecular formula is C15H21N3S. The van der Waals surface area contributed by atoms with Gasteiger partial charge in [0.05, 0.1) is 11.2 Å². The van der Waals surface area contributed by atoms with Gasteiger partial charge in [0.1, 0.15) is 0 Å². The molecule has 19 heavy (non-hydrogen) atoms. The second-order valence-corrected chi connectivity index (χ2v) is 5.70. The lowest BCUT2D eigenvalue weighted by Gasteiger charge is -2.16. The maximum absolute atomic E-state index is 4.28. The number of aryl methyl sites for hydroxylation is 1. The van der Waals surface area contributed by atoms with Crippen LogP contribution in [-0.4, -0.2) is 30.0 Å². The minimum Gasteiger partial charge on any atom is -0.311 e. The molecule has 0 aliphatic heterocycles. The molecule has 0 aliphatic rings. The van der Waals surface area contributed by atoms with Crippen LogP contribution >= 0.6 is 11.3 Å². The van der Waals surface area contributed by atoms with Crippen LogP contribution in [0.25, 0.3) is 0 Å². The van der Waals surface area contributed by atoms with E-state index in [-0.39, 0.29) is 0 Å². The quantitative estimate of drug-likeness (QED) is 0.788. The summed E-state index contributed by atoms with van der Waals surface area (Å²) in [6.07, 6.45) is 0. The van der Waals surface area contributed by atoms with Gasteiger partial charge in [-0.3, -0.25) is 4.90 Å². The maximum Gasteiger partial charge on any atom is 0.0798 e. The zero-order chi connectivity index (χ0) is 13.5. The first-order valence-corrected chi connectivity index (χ1v) is 7.46. The Morgan fingerprint density at radius 3 is 2.74 bits per heavy atom. The van der Waals surface area contributed by atoms with Crippen molar-refractivity contribution >= 4 is 11.3 Å². The zero-order valence-electron chi connectivity index (χ0n) is 11.6. The van der Waals surface area contributed by atoms with Crippen LogP contribution in [0.3, 0.4) is 0 Å². The molecule has 0 bridgehead atoms. The van der Waals surface area contributed by atoms with Gasteiger partial charge >= 0.3 is 0 Å². The Kier molecular flexibility index (Phi) is 5.51. The summed E-state index contributed by atoms with van der Waals surface area (Å²) in [5.41, 5.74) is 4.42. The topological polar surface area (TPSA) is 28.2 Å². The van der Waals surface area contributed by atoms with Crippen molar-refractivity contribution in [3.63, 3.8) is 0 Å². The number of nitrogens with one attached hydrogen (secondary N) is 1. The van der Waals surface area contributed by atoms with Gasteiger partial charge in [-0.1, -0.05) is 30.3 Å². The number of nitrogens with zero attached hydrogens (tertiary/aromatic N) is 2. The van der Waals surface area contributed by atoms with Crippen LogP contribution in [0.2, 0.25) is 0 Å². The largest absolute Gasteiger partial charge is 0.311 e. The standard InChI is InChI=1S/C15H21N3S/c1-13-15(19-12-17-13)11-18(2)9-8-16-10-14-6-4-3-5-7-14/h3-7,12,16H,8-11H2,1-2H3. The molecule has 102 valence electrons. The molecule has 1 aromatic heterocycles. The fourth-order valence-corrected chi connectivity index (χ4v) is 2.76. The summed E-state index contributed by atoms with van der Waals surface area (Å²) in [5.74, 6) is 0. The second kappa shape index (κ2) is 7.38. The van der Waals surface area contributed by atoms with E-state index in [2.05, 4.69) is 59.5 Å². The SMILES string of the molecule is Cc1ncsc1CN(C)CCNCc1ccccc1. The molecule has 2 aromatic rings. The Labute approximate surface area is 119 Å². The first-order chi connectivity index (χ1) is 9.25. The second-order valence-electron chi connectivity index (χ2n) is 4.76. The van der Waals surface area contributed by atoms with Crippen LogP contribution in [0.5, 0.6) is 0 Å². The minimum atomic E-state index is 0.939. The Balaban J connectivity index is 1.64. The highest BCUT2D eigenvalue weighted by atomic mass is 32.1. The molecule has 1 aromatic carbocycles. The normalized spacial score (nSPS) is 11.1. The third-order valence-electron chi connectivity index (χ3n) is 3.10. The van der Waals surface area contributed by atoms with Crippen molar-refractivity contribution < 1.29 is 0 Å². The lowest BCUT2D eigenvalue weighted by molar-refractivity contribution is 0.326. The van der Waals surface area contributed by atoms with E-state index in [1.807, 2.05) is 5.51 Å². The van der Waals surface area contributed by atoms with Gasteiger partial charge in [-0.15, -0.1) is 11.3 Å². The molecule has 0 amide bonds. The van der Waals surface area contributed by atoms with Crippen molar-refractivity contribution in [1.82, 2.24) is 15.2 Å². The van der Waals surface area contributed by atoms with Gasteiger partial charge in [-0.25, -0.2) is 4.98 Å². The predicted molar refractivity (Wildman–Crippen MR) is 81.3 cm³/mol. The van der Waals surface area contributed by atoms with Crippen molar-refractivity contribution in [3.8, 4) is 0 Å². The number of benzene rings is 1. The summed E-state index contributed by atoms with van der Waals surface area (Å²) >= 11 is 1.74. The molecule has 0 saturated heterocycles. The Bertz CT molecular complexity index is 481. The molecule has 0 aliphatic carbocycles. The van der Waals surface area contributed by atoms with Gasteiger partial charge in [0.15, 0.2) is 0 Å². The highest BCUT2D eigenvalue weighted by molar-refractivity contribution is 7.09. The third-order valence-corrected chi connectivity index (χ3v) is 4.02. The van der Waals surface area contributed by atoms with Crippen LogP contribution in [0.4, 0.5) is 0 Å². The molecule has 0 spiro atoms. The van der Waals surface area contributed by atoms with E-state index in [9.17, 15) is 0 Å². The van der Waals surface area contributed by atoms with Crippen molar-refractivity contribution in [2.24, 2.45) is 0 Å². The van der Waals surface area contributed by atoms with Crippen molar-refractivity contribution in [2.45, 2.75) is 20.0 Å². The first-order valence-electron chi connectivity index (χ1n) is 6.58.